The van der Waals surface area contributed by atoms with Crippen LogP contribution in [0.3, 0.4) is 0 Å². The van der Waals surface area contributed by atoms with E-state index in [1.807, 2.05) is 0 Å². The van der Waals surface area contributed by atoms with Crippen molar-refractivity contribution in [3.8, 4) is 11.1 Å². The van der Waals surface area contributed by atoms with Crippen molar-refractivity contribution in [2.24, 2.45) is 0 Å². The maximum absolute atomic E-state index is 14.6. The molecule has 1 heterocycles. The summed E-state index contributed by atoms with van der Waals surface area (Å²) in [5.41, 5.74) is -1.54. The summed E-state index contributed by atoms with van der Waals surface area (Å²) in [6.07, 6.45) is -4.65. The minimum Gasteiger partial charge on any atom is -0.321 e. The van der Waals surface area contributed by atoms with Gasteiger partial charge >= 0.3 is 13.8 Å². The van der Waals surface area contributed by atoms with Gasteiger partial charge in [0.05, 0.1) is 17.2 Å². The van der Waals surface area contributed by atoms with Crippen LogP contribution in [0, 0.1) is 5.82 Å². The van der Waals surface area contributed by atoms with Crippen LogP contribution in [0.15, 0.2) is 47.3 Å². The molecular formula is C20H18F4NO4P. The monoisotopic (exact) mass is 443 g/mol. The van der Waals surface area contributed by atoms with Gasteiger partial charge in [0, 0.05) is 5.56 Å². The number of hydrogen-bond acceptors (Lipinski definition) is 3. The number of benzene rings is 2. The van der Waals surface area contributed by atoms with Crippen molar-refractivity contribution in [1.29, 1.82) is 0 Å². The van der Waals surface area contributed by atoms with Crippen LogP contribution in [0.25, 0.3) is 22.0 Å². The third-order valence-corrected chi connectivity index (χ3v) is 6.22. The minimum atomic E-state index is -4.52. The lowest BCUT2D eigenvalue weighted by atomic mass is 10.0. The molecule has 2 atom stereocenters. The molecule has 3 rings (SSSR count). The first-order valence-electron chi connectivity index (χ1n) is 8.98. The zero-order valence-corrected chi connectivity index (χ0v) is 16.9. The summed E-state index contributed by atoms with van der Waals surface area (Å²) in [6, 6.07) is 7.34. The Bertz CT molecular complexity index is 1190. The van der Waals surface area contributed by atoms with Crippen LogP contribution >= 0.6 is 7.60 Å². The highest BCUT2D eigenvalue weighted by atomic mass is 31.2. The summed E-state index contributed by atoms with van der Waals surface area (Å²) in [5, 5.41) is -0.275. The Hall–Kier alpha value is -2.48. The van der Waals surface area contributed by atoms with Gasteiger partial charge in [0.1, 0.15) is 11.1 Å². The molecule has 0 aliphatic carbocycles. The maximum atomic E-state index is 14.6. The number of aromatic nitrogens is 1. The van der Waals surface area contributed by atoms with Crippen LogP contribution < -0.4 is 10.9 Å². The maximum Gasteiger partial charge on any atom is 0.416 e. The van der Waals surface area contributed by atoms with E-state index in [1.54, 1.807) is 13.8 Å². The Morgan fingerprint density at radius 2 is 1.80 bits per heavy atom. The zero-order valence-electron chi connectivity index (χ0n) is 16.0. The quantitative estimate of drug-likeness (QED) is 0.431. The molecule has 0 fully saturated rings. The van der Waals surface area contributed by atoms with Crippen LogP contribution in [0.4, 0.5) is 17.6 Å². The fourth-order valence-electron chi connectivity index (χ4n) is 2.86. The van der Waals surface area contributed by atoms with E-state index in [2.05, 4.69) is 4.98 Å². The Morgan fingerprint density at radius 1 is 1.17 bits per heavy atom. The molecule has 2 N–H and O–H groups in total. The Kier molecular flexibility index (Phi) is 5.91. The third kappa shape index (κ3) is 4.48. The second-order valence-corrected chi connectivity index (χ2v) is 8.56. The molecule has 2 unspecified atom stereocenters. The first kappa shape index (κ1) is 22.2. The van der Waals surface area contributed by atoms with Gasteiger partial charge in [0.2, 0.25) is 0 Å². The number of rotatable bonds is 5. The molecule has 0 saturated heterocycles. The topological polar surface area (TPSA) is 79.4 Å². The van der Waals surface area contributed by atoms with Gasteiger partial charge in [0.25, 0.3) is 5.56 Å². The van der Waals surface area contributed by atoms with Crippen molar-refractivity contribution in [3.05, 3.63) is 64.2 Å². The van der Waals surface area contributed by atoms with E-state index in [-0.39, 0.29) is 22.0 Å². The highest BCUT2D eigenvalue weighted by molar-refractivity contribution is 7.61. The summed E-state index contributed by atoms with van der Waals surface area (Å²) in [4.78, 5) is 24.8. The number of halogens is 4. The van der Waals surface area contributed by atoms with Gasteiger partial charge in [0.15, 0.2) is 0 Å². The highest BCUT2D eigenvalue weighted by Crippen LogP contribution is 2.42. The van der Waals surface area contributed by atoms with E-state index in [1.165, 1.54) is 6.07 Å². The van der Waals surface area contributed by atoms with Crippen LogP contribution in [0.1, 0.15) is 25.8 Å². The summed E-state index contributed by atoms with van der Waals surface area (Å²) in [5.74, 6) is -0.770. The van der Waals surface area contributed by atoms with Crippen molar-refractivity contribution in [3.63, 3.8) is 0 Å². The molecule has 10 heteroatoms. The van der Waals surface area contributed by atoms with Crippen molar-refractivity contribution in [2.45, 2.75) is 32.5 Å². The molecule has 0 saturated carbocycles. The largest absolute Gasteiger partial charge is 0.416 e. The molecule has 0 aliphatic heterocycles. The molecule has 1 aromatic heterocycles. The summed E-state index contributed by atoms with van der Waals surface area (Å²) < 4.78 is 70.4. The number of hydrogen-bond donors (Lipinski definition) is 2. The molecule has 160 valence electrons. The van der Waals surface area contributed by atoms with Crippen LogP contribution in [-0.4, -0.2) is 16.0 Å². The number of nitrogens with one attached hydrogen (secondary N) is 1. The molecule has 3 aromatic rings. The second kappa shape index (κ2) is 7.98. The van der Waals surface area contributed by atoms with Gasteiger partial charge in [-0.3, -0.25) is 9.36 Å². The van der Waals surface area contributed by atoms with Crippen LogP contribution in [0.5, 0.6) is 0 Å². The molecule has 2 aromatic carbocycles. The number of H-pyrrole nitrogens is 1. The zero-order chi connectivity index (χ0) is 22.3. The van der Waals surface area contributed by atoms with Gasteiger partial charge < -0.3 is 14.4 Å². The lowest BCUT2D eigenvalue weighted by Gasteiger charge is -2.16. The van der Waals surface area contributed by atoms with E-state index in [0.717, 1.165) is 36.4 Å². The predicted octanol–water partition coefficient (Wildman–Crippen LogP) is 4.98. The number of pyridine rings is 1. The van der Waals surface area contributed by atoms with Crippen molar-refractivity contribution >= 4 is 23.8 Å². The van der Waals surface area contributed by atoms with Gasteiger partial charge in [-0.1, -0.05) is 19.1 Å². The van der Waals surface area contributed by atoms with Crippen molar-refractivity contribution < 1.29 is 31.5 Å². The molecule has 0 radical (unpaired) electrons. The Balaban J connectivity index is 2.11. The first-order chi connectivity index (χ1) is 13.9. The summed E-state index contributed by atoms with van der Waals surface area (Å²) >= 11 is 0. The minimum absolute atomic E-state index is 0.0233. The van der Waals surface area contributed by atoms with Crippen LogP contribution in [-0.2, 0) is 15.3 Å². The summed E-state index contributed by atoms with van der Waals surface area (Å²) in [7, 11) is -4.45. The van der Waals surface area contributed by atoms with Gasteiger partial charge in [-0.05, 0) is 54.6 Å². The highest BCUT2D eigenvalue weighted by Gasteiger charge is 2.31. The molecule has 0 spiro atoms. The number of fused-ring (bicyclic) bond motifs is 1. The molecule has 30 heavy (non-hydrogen) atoms. The lowest BCUT2D eigenvalue weighted by molar-refractivity contribution is -0.137. The van der Waals surface area contributed by atoms with E-state index in [0.29, 0.717) is 6.42 Å². The lowest BCUT2D eigenvalue weighted by Crippen LogP contribution is -2.29. The Morgan fingerprint density at radius 3 is 2.37 bits per heavy atom. The number of aromatic amines is 1. The second-order valence-electron chi connectivity index (χ2n) is 6.82. The van der Waals surface area contributed by atoms with Crippen molar-refractivity contribution in [1.82, 2.24) is 4.98 Å². The molecular weight excluding hydrogens is 425 g/mol. The predicted molar refractivity (Wildman–Crippen MR) is 105 cm³/mol. The van der Waals surface area contributed by atoms with Crippen LogP contribution in [0.2, 0.25) is 0 Å². The average molecular weight is 443 g/mol. The van der Waals surface area contributed by atoms with Gasteiger partial charge in [-0.15, -0.1) is 0 Å². The summed E-state index contributed by atoms with van der Waals surface area (Å²) in [6.45, 7) is 3.32. The van der Waals surface area contributed by atoms with E-state index >= 15 is 0 Å². The first-order valence-corrected chi connectivity index (χ1v) is 10.6. The van der Waals surface area contributed by atoms with E-state index in [9.17, 15) is 31.8 Å². The molecule has 0 bridgehead atoms. The van der Waals surface area contributed by atoms with Gasteiger partial charge in [-0.25, -0.2) is 4.39 Å². The standard InChI is InChI=1S/C20H18F4NO4P/c1-3-11(2)29-30(27,28)18-9-13-8-15(16(21)10-17(13)25-19(18)26)12-4-6-14(7-5-12)20(22,23)24/h4-11H,3H2,1-2H3,(H,25,26)(H,27,28). The Labute approximate surface area is 168 Å². The normalized spacial score (nSPS) is 15.2. The fraction of sp³-hybridized carbons (Fsp3) is 0.250. The molecule has 0 amide bonds. The fourth-order valence-corrected chi connectivity index (χ4v) is 4.23. The van der Waals surface area contributed by atoms with E-state index < -0.39 is 42.1 Å². The smallest absolute Gasteiger partial charge is 0.321 e. The molecule has 0 aliphatic rings. The van der Waals surface area contributed by atoms with Gasteiger partial charge in [-0.2, -0.15) is 13.2 Å². The SMILES string of the molecule is CCC(C)OP(=O)(O)c1cc2cc(-c3ccc(C(F)(F)F)cc3)c(F)cc2[nH]c1=O. The van der Waals surface area contributed by atoms with Crippen molar-refractivity contribution in [2.75, 3.05) is 0 Å². The molecule has 5 nitrogen and oxygen atoms in total. The third-order valence-electron chi connectivity index (χ3n) is 4.64. The average Bonchev–Trinajstić information content (AvgIpc) is 2.66. The van der Waals surface area contributed by atoms with E-state index in [4.69, 9.17) is 4.52 Å². The number of alkyl halides is 3.